The molecule has 1 aliphatic heterocycles. The van der Waals surface area contributed by atoms with Gasteiger partial charge in [-0.1, -0.05) is 40.9 Å². The highest BCUT2D eigenvalue weighted by atomic mass is 35.5. The lowest BCUT2D eigenvalue weighted by molar-refractivity contribution is -0.122. The summed E-state index contributed by atoms with van der Waals surface area (Å²) in [6, 6.07) is 13.3. The molecular formula is C24H19Cl2N3O3. The van der Waals surface area contributed by atoms with E-state index in [9.17, 15) is 14.4 Å². The second-order valence-electron chi connectivity index (χ2n) is 7.55. The van der Waals surface area contributed by atoms with Gasteiger partial charge in [-0.3, -0.25) is 14.9 Å². The van der Waals surface area contributed by atoms with Crippen LogP contribution in [0.4, 0.5) is 10.5 Å². The summed E-state index contributed by atoms with van der Waals surface area (Å²) in [5.41, 5.74) is 4.40. The minimum absolute atomic E-state index is 0.125. The van der Waals surface area contributed by atoms with Crippen molar-refractivity contribution in [1.29, 1.82) is 0 Å². The number of nitrogens with zero attached hydrogens (tertiary/aromatic N) is 2. The summed E-state index contributed by atoms with van der Waals surface area (Å²) < 4.78 is 1.95. The molecule has 1 saturated heterocycles. The van der Waals surface area contributed by atoms with Gasteiger partial charge in [0, 0.05) is 17.1 Å². The van der Waals surface area contributed by atoms with Gasteiger partial charge in [-0.05, 0) is 68.8 Å². The lowest BCUT2D eigenvalue weighted by atomic mass is 10.1. The largest absolute Gasteiger partial charge is 0.335 e. The van der Waals surface area contributed by atoms with Crippen LogP contribution in [0, 0.1) is 20.8 Å². The second-order valence-corrected chi connectivity index (χ2v) is 8.37. The number of carbonyl (C=O) groups is 3. The number of hydrogen-bond acceptors (Lipinski definition) is 3. The number of anilines is 1. The molecule has 4 amide bonds. The molecule has 2 aromatic carbocycles. The number of halogens is 2. The molecule has 0 unspecified atom stereocenters. The first-order chi connectivity index (χ1) is 15.2. The summed E-state index contributed by atoms with van der Waals surface area (Å²) in [5, 5.41) is 3.12. The third-order valence-electron chi connectivity index (χ3n) is 5.33. The number of hydrogen-bond donors (Lipinski definition) is 1. The smallest absolute Gasteiger partial charge is 0.318 e. The highest BCUT2D eigenvalue weighted by molar-refractivity contribution is 6.42. The number of aryl methyl sites for hydroxylation is 2. The molecule has 0 atom stereocenters. The zero-order chi connectivity index (χ0) is 23.2. The van der Waals surface area contributed by atoms with Gasteiger partial charge in [-0.15, -0.1) is 0 Å². The van der Waals surface area contributed by atoms with Gasteiger partial charge in [0.25, 0.3) is 11.8 Å². The third-order valence-corrected chi connectivity index (χ3v) is 6.06. The molecule has 0 saturated carbocycles. The molecule has 3 aromatic rings. The van der Waals surface area contributed by atoms with Crippen molar-refractivity contribution in [2.75, 3.05) is 4.90 Å². The van der Waals surface area contributed by atoms with Gasteiger partial charge in [0.15, 0.2) is 0 Å². The van der Waals surface area contributed by atoms with Crippen molar-refractivity contribution in [2.24, 2.45) is 0 Å². The Bertz CT molecular complexity index is 1310. The highest BCUT2D eigenvalue weighted by Crippen LogP contribution is 2.29. The Labute approximate surface area is 195 Å². The molecule has 6 nitrogen and oxygen atoms in total. The van der Waals surface area contributed by atoms with Crippen LogP contribution < -0.4 is 10.2 Å². The van der Waals surface area contributed by atoms with Crippen molar-refractivity contribution in [3.8, 4) is 5.69 Å². The van der Waals surface area contributed by atoms with Crippen LogP contribution in [-0.2, 0) is 9.59 Å². The Morgan fingerprint density at radius 2 is 1.50 bits per heavy atom. The molecule has 1 N–H and O–H groups in total. The van der Waals surface area contributed by atoms with Crippen molar-refractivity contribution in [3.05, 3.63) is 86.7 Å². The Morgan fingerprint density at radius 1 is 0.844 bits per heavy atom. The van der Waals surface area contributed by atoms with Crippen LogP contribution in [0.1, 0.15) is 22.5 Å². The van der Waals surface area contributed by atoms with E-state index in [1.165, 1.54) is 6.08 Å². The van der Waals surface area contributed by atoms with Crippen LogP contribution in [0.25, 0.3) is 11.8 Å². The van der Waals surface area contributed by atoms with E-state index in [-0.39, 0.29) is 5.57 Å². The Kier molecular flexibility index (Phi) is 5.67. The van der Waals surface area contributed by atoms with E-state index in [1.807, 2.05) is 37.5 Å². The zero-order valence-electron chi connectivity index (χ0n) is 17.6. The average Bonchev–Trinajstić information content (AvgIpc) is 3.01. The molecule has 1 fully saturated rings. The van der Waals surface area contributed by atoms with E-state index in [2.05, 4.69) is 5.32 Å². The highest BCUT2D eigenvalue weighted by Gasteiger charge is 2.37. The Hall–Kier alpha value is -3.35. The van der Waals surface area contributed by atoms with Gasteiger partial charge in [-0.2, -0.15) is 0 Å². The maximum atomic E-state index is 13.1. The first-order valence-electron chi connectivity index (χ1n) is 9.80. The lowest BCUT2D eigenvalue weighted by Gasteiger charge is -2.26. The van der Waals surface area contributed by atoms with Gasteiger partial charge in [0.05, 0.1) is 15.7 Å². The quantitative estimate of drug-likeness (QED) is 0.415. The number of rotatable bonds is 3. The monoisotopic (exact) mass is 467 g/mol. The molecule has 8 heteroatoms. The van der Waals surface area contributed by atoms with E-state index in [0.29, 0.717) is 21.3 Å². The van der Waals surface area contributed by atoms with Gasteiger partial charge in [0.2, 0.25) is 0 Å². The molecular weight excluding hydrogens is 449 g/mol. The number of amides is 4. The van der Waals surface area contributed by atoms with Gasteiger partial charge < -0.3 is 4.57 Å². The number of aromatic nitrogens is 1. The zero-order valence-corrected chi connectivity index (χ0v) is 19.1. The van der Waals surface area contributed by atoms with E-state index >= 15 is 0 Å². The summed E-state index contributed by atoms with van der Waals surface area (Å²) in [5.74, 6) is -1.41. The van der Waals surface area contributed by atoms with Crippen molar-refractivity contribution >= 4 is 52.8 Å². The summed E-state index contributed by atoms with van der Waals surface area (Å²) in [6.45, 7) is 5.68. The predicted octanol–water partition coefficient (Wildman–Crippen LogP) is 5.38. The fourth-order valence-corrected chi connectivity index (χ4v) is 3.99. The van der Waals surface area contributed by atoms with Gasteiger partial charge >= 0.3 is 6.03 Å². The number of nitrogens with one attached hydrogen (secondary N) is 1. The summed E-state index contributed by atoms with van der Waals surface area (Å²) in [6.07, 6.45) is 1.50. The van der Waals surface area contributed by atoms with Crippen molar-refractivity contribution in [1.82, 2.24) is 9.88 Å². The minimum atomic E-state index is -0.776. The standard InChI is InChI=1S/C24H19Cl2N3O3/c1-13-4-6-17(7-5-13)29-23(31)19(22(30)27-24(29)32)11-16-10-14(2)28(15(16)3)18-8-9-20(25)21(26)12-18/h4-12H,1-3H3,(H,27,30,32)/b19-11-. The van der Waals surface area contributed by atoms with Crippen LogP contribution in [0.15, 0.2) is 54.1 Å². The van der Waals surface area contributed by atoms with Gasteiger partial charge in [0.1, 0.15) is 5.57 Å². The predicted molar refractivity (Wildman–Crippen MR) is 125 cm³/mol. The maximum absolute atomic E-state index is 13.1. The number of urea groups is 1. The van der Waals surface area contributed by atoms with Crippen LogP contribution in [0.5, 0.6) is 0 Å². The summed E-state index contributed by atoms with van der Waals surface area (Å²) in [4.78, 5) is 39.0. The van der Waals surface area contributed by atoms with E-state index in [0.717, 1.165) is 27.5 Å². The molecule has 0 radical (unpaired) electrons. The molecule has 4 rings (SSSR count). The maximum Gasteiger partial charge on any atom is 0.335 e. The van der Waals surface area contributed by atoms with Crippen molar-refractivity contribution in [2.45, 2.75) is 20.8 Å². The van der Waals surface area contributed by atoms with Crippen LogP contribution in [0.2, 0.25) is 10.0 Å². The molecule has 0 spiro atoms. The number of imide groups is 2. The average molecular weight is 468 g/mol. The van der Waals surface area contributed by atoms with Gasteiger partial charge in [-0.25, -0.2) is 9.69 Å². The summed E-state index contributed by atoms with van der Waals surface area (Å²) in [7, 11) is 0. The Balaban J connectivity index is 1.76. The fraction of sp³-hybridized carbons (Fsp3) is 0.125. The molecule has 1 aromatic heterocycles. The number of barbiturate groups is 1. The normalized spacial score (nSPS) is 15.5. The Morgan fingerprint density at radius 3 is 2.16 bits per heavy atom. The third kappa shape index (κ3) is 3.83. The molecule has 1 aliphatic rings. The number of benzene rings is 2. The van der Waals surface area contributed by atoms with E-state index < -0.39 is 17.8 Å². The lowest BCUT2D eigenvalue weighted by Crippen LogP contribution is -2.54. The summed E-state index contributed by atoms with van der Waals surface area (Å²) >= 11 is 12.2. The second kappa shape index (κ2) is 8.30. The number of carbonyl (C=O) groups excluding carboxylic acids is 3. The minimum Gasteiger partial charge on any atom is -0.318 e. The molecule has 0 bridgehead atoms. The first-order valence-corrected chi connectivity index (χ1v) is 10.6. The molecule has 162 valence electrons. The van der Waals surface area contributed by atoms with Crippen LogP contribution in [0.3, 0.4) is 0 Å². The molecule has 32 heavy (non-hydrogen) atoms. The molecule has 0 aliphatic carbocycles. The first kappa shape index (κ1) is 21.9. The van der Waals surface area contributed by atoms with E-state index in [1.54, 1.807) is 36.4 Å². The van der Waals surface area contributed by atoms with Crippen molar-refractivity contribution in [3.63, 3.8) is 0 Å². The topological polar surface area (TPSA) is 71.4 Å². The molecule has 2 heterocycles. The van der Waals surface area contributed by atoms with E-state index in [4.69, 9.17) is 23.2 Å². The van der Waals surface area contributed by atoms with Crippen LogP contribution in [-0.4, -0.2) is 22.4 Å². The SMILES string of the molecule is Cc1ccc(N2C(=O)NC(=O)/C(=C/c3cc(C)n(-c4ccc(Cl)c(Cl)c4)c3C)C2=O)cc1. The van der Waals surface area contributed by atoms with Crippen LogP contribution >= 0.6 is 23.2 Å². The fourth-order valence-electron chi connectivity index (χ4n) is 3.70. The van der Waals surface area contributed by atoms with Crippen molar-refractivity contribution < 1.29 is 14.4 Å².